The molecule has 0 aliphatic carbocycles. The van der Waals surface area contributed by atoms with E-state index in [1.165, 1.54) is 0 Å². The van der Waals surface area contributed by atoms with Crippen LogP contribution in [0.15, 0.2) is 0 Å². The van der Waals surface area contributed by atoms with Crippen LogP contribution in [-0.4, -0.2) is 11.2 Å². The number of aliphatic hydroxyl groups excluding tert-OH is 1. The summed E-state index contributed by atoms with van der Waals surface area (Å²) in [6.07, 6.45) is 0.932. The van der Waals surface area contributed by atoms with Crippen molar-refractivity contribution in [3.8, 4) is 0 Å². The average Bonchev–Trinajstić information content (AvgIpc) is 2.01. The highest BCUT2D eigenvalue weighted by atomic mass is 16.3. The molecule has 0 aromatic carbocycles. The SMILES string of the molecule is CCC(C)C(O)C(C(C)C)C(C)C. The third-order valence-corrected chi connectivity index (χ3v) is 3.16. The Labute approximate surface area is 83.5 Å². The summed E-state index contributed by atoms with van der Waals surface area (Å²) in [5, 5.41) is 10.1. The van der Waals surface area contributed by atoms with Crippen molar-refractivity contribution in [1.82, 2.24) is 0 Å². The summed E-state index contributed by atoms with van der Waals surface area (Å²) >= 11 is 0. The van der Waals surface area contributed by atoms with E-state index < -0.39 is 0 Å². The van der Waals surface area contributed by atoms with E-state index in [1.54, 1.807) is 0 Å². The molecule has 1 heteroatoms. The first kappa shape index (κ1) is 13.0. The predicted molar refractivity (Wildman–Crippen MR) is 58.6 cm³/mol. The van der Waals surface area contributed by atoms with Crippen LogP contribution in [0.3, 0.4) is 0 Å². The number of hydrogen-bond donors (Lipinski definition) is 1. The maximum absolute atomic E-state index is 10.1. The molecule has 0 heterocycles. The van der Waals surface area contributed by atoms with Gasteiger partial charge in [0.15, 0.2) is 0 Å². The first-order valence-corrected chi connectivity index (χ1v) is 5.59. The Balaban J connectivity index is 4.36. The van der Waals surface area contributed by atoms with Crippen LogP contribution in [0, 0.1) is 23.7 Å². The molecule has 0 aliphatic rings. The zero-order valence-electron chi connectivity index (χ0n) is 10.0. The summed E-state index contributed by atoms with van der Waals surface area (Å²) in [6.45, 7) is 13.1. The quantitative estimate of drug-likeness (QED) is 0.698. The van der Waals surface area contributed by atoms with Gasteiger partial charge in [-0.1, -0.05) is 48.0 Å². The molecule has 0 saturated carbocycles. The number of aliphatic hydroxyl groups is 1. The van der Waals surface area contributed by atoms with Gasteiger partial charge in [0.05, 0.1) is 6.10 Å². The van der Waals surface area contributed by atoms with Crippen molar-refractivity contribution in [2.75, 3.05) is 0 Å². The van der Waals surface area contributed by atoms with Crippen LogP contribution in [0.1, 0.15) is 48.0 Å². The fraction of sp³-hybridized carbons (Fsp3) is 1.00. The van der Waals surface area contributed by atoms with Crippen molar-refractivity contribution in [2.45, 2.75) is 54.1 Å². The lowest BCUT2D eigenvalue weighted by atomic mass is 9.76. The maximum Gasteiger partial charge on any atom is 0.0598 e. The molecular formula is C12H26O. The number of hydrogen-bond acceptors (Lipinski definition) is 1. The van der Waals surface area contributed by atoms with E-state index in [9.17, 15) is 5.11 Å². The Hall–Kier alpha value is -0.0400. The van der Waals surface area contributed by atoms with E-state index in [1.807, 2.05) is 0 Å². The molecule has 0 bridgehead atoms. The summed E-state index contributed by atoms with van der Waals surface area (Å²) in [6, 6.07) is 0. The van der Waals surface area contributed by atoms with Gasteiger partial charge in [0.25, 0.3) is 0 Å². The lowest BCUT2D eigenvalue weighted by molar-refractivity contribution is 0.0120. The van der Waals surface area contributed by atoms with Crippen molar-refractivity contribution >= 4 is 0 Å². The van der Waals surface area contributed by atoms with Crippen LogP contribution in [0.5, 0.6) is 0 Å². The Bertz CT molecular complexity index is 121. The fourth-order valence-corrected chi connectivity index (χ4v) is 2.18. The molecule has 2 unspecified atom stereocenters. The Morgan fingerprint density at radius 2 is 1.31 bits per heavy atom. The lowest BCUT2D eigenvalue weighted by Crippen LogP contribution is -2.34. The molecule has 80 valence electrons. The van der Waals surface area contributed by atoms with Gasteiger partial charge in [0, 0.05) is 0 Å². The zero-order chi connectivity index (χ0) is 10.6. The van der Waals surface area contributed by atoms with Gasteiger partial charge in [-0.2, -0.15) is 0 Å². The first-order chi connectivity index (χ1) is 5.91. The molecule has 0 spiro atoms. The maximum atomic E-state index is 10.1. The van der Waals surface area contributed by atoms with E-state index in [-0.39, 0.29) is 6.10 Å². The van der Waals surface area contributed by atoms with Crippen molar-refractivity contribution in [3.63, 3.8) is 0 Å². The molecule has 0 aromatic rings. The van der Waals surface area contributed by atoms with Crippen LogP contribution in [-0.2, 0) is 0 Å². The molecular weight excluding hydrogens is 160 g/mol. The van der Waals surface area contributed by atoms with Crippen LogP contribution < -0.4 is 0 Å². The summed E-state index contributed by atoms with van der Waals surface area (Å²) in [5.74, 6) is 2.01. The highest BCUT2D eigenvalue weighted by Crippen LogP contribution is 2.29. The average molecular weight is 186 g/mol. The van der Waals surface area contributed by atoms with Crippen LogP contribution in [0.4, 0.5) is 0 Å². The standard InChI is InChI=1S/C12H26O/c1-7-10(6)12(13)11(8(2)3)9(4)5/h8-13H,7H2,1-6H3. The smallest absolute Gasteiger partial charge is 0.0598 e. The van der Waals surface area contributed by atoms with E-state index >= 15 is 0 Å². The Morgan fingerprint density at radius 3 is 1.54 bits per heavy atom. The molecule has 0 saturated heterocycles. The van der Waals surface area contributed by atoms with E-state index in [2.05, 4.69) is 41.5 Å². The normalized spacial score (nSPS) is 17.1. The second kappa shape index (κ2) is 5.64. The van der Waals surface area contributed by atoms with E-state index in [0.717, 1.165) is 6.42 Å². The van der Waals surface area contributed by atoms with Gasteiger partial charge < -0.3 is 5.11 Å². The summed E-state index contributed by atoms with van der Waals surface area (Å²) in [7, 11) is 0. The van der Waals surface area contributed by atoms with Crippen molar-refractivity contribution in [2.24, 2.45) is 23.7 Å². The zero-order valence-corrected chi connectivity index (χ0v) is 10.0. The third kappa shape index (κ3) is 3.68. The molecule has 2 atom stereocenters. The van der Waals surface area contributed by atoms with E-state index in [4.69, 9.17) is 0 Å². The second-order valence-electron chi connectivity index (χ2n) is 4.94. The highest BCUT2D eigenvalue weighted by molar-refractivity contribution is 4.78. The highest BCUT2D eigenvalue weighted by Gasteiger charge is 2.28. The fourth-order valence-electron chi connectivity index (χ4n) is 2.18. The van der Waals surface area contributed by atoms with E-state index in [0.29, 0.717) is 23.7 Å². The van der Waals surface area contributed by atoms with Gasteiger partial charge in [0.1, 0.15) is 0 Å². The summed E-state index contributed by atoms with van der Waals surface area (Å²) < 4.78 is 0. The van der Waals surface area contributed by atoms with Crippen molar-refractivity contribution in [3.05, 3.63) is 0 Å². The topological polar surface area (TPSA) is 20.2 Å². The largest absolute Gasteiger partial charge is 0.393 e. The molecule has 0 aromatic heterocycles. The molecule has 1 N–H and O–H groups in total. The van der Waals surface area contributed by atoms with Crippen molar-refractivity contribution in [1.29, 1.82) is 0 Å². The van der Waals surface area contributed by atoms with Gasteiger partial charge in [-0.05, 0) is 23.7 Å². The number of rotatable bonds is 5. The van der Waals surface area contributed by atoms with Gasteiger partial charge in [0.2, 0.25) is 0 Å². The molecule has 0 rings (SSSR count). The van der Waals surface area contributed by atoms with Crippen molar-refractivity contribution < 1.29 is 5.11 Å². The van der Waals surface area contributed by atoms with Gasteiger partial charge in [-0.25, -0.2) is 0 Å². The second-order valence-corrected chi connectivity index (χ2v) is 4.94. The summed E-state index contributed by atoms with van der Waals surface area (Å²) in [5.41, 5.74) is 0. The Kier molecular flexibility index (Phi) is 5.62. The predicted octanol–water partition coefficient (Wildman–Crippen LogP) is 3.32. The van der Waals surface area contributed by atoms with Crippen LogP contribution >= 0.6 is 0 Å². The molecule has 0 amide bonds. The monoisotopic (exact) mass is 186 g/mol. The van der Waals surface area contributed by atoms with Gasteiger partial charge in [-0.15, -0.1) is 0 Å². The van der Waals surface area contributed by atoms with Crippen LogP contribution in [0.25, 0.3) is 0 Å². The third-order valence-electron chi connectivity index (χ3n) is 3.16. The molecule has 0 radical (unpaired) electrons. The Morgan fingerprint density at radius 1 is 0.923 bits per heavy atom. The summed E-state index contributed by atoms with van der Waals surface area (Å²) in [4.78, 5) is 0. The van der Waals surface area contributed by atoms with Gasteiger partial charge >= 0.3 is 0 Å². The molecule has 0 aliphatic heterocycles. The molecule has 13 heavy (non-hydrogen) atoms. The molecule has 0 fully saturated rings. The minimum atomic E-state index is -0.134. The minimum absolute atomic E-state index is 0.134. The minimum Gasteiger partial charge on any atom is -0.393 e. The first-order valence-electron chi connectivity index (χ1n) is 5.59. The van der Waals surface area contributed by atoms with Crippen LogP contribution in [0.2, 0.25) is 0 Å². The molecule has 1 nitrogen and oxygen atoms in total. The van der Waals surface area contributed by atoms with Gasteiger partial charge in [-0.3, -0.25) is 0 Å². The lowest BCUT2D eigenvalue weighted by Gasteiger charge is -2.33.